The Bertz CT molecular complexity index is 777. The van der Waals surface area contributed by atoms with Gasteiger partial charge in [0.15, 0.2) is 11.6 Å². The molecule has 0 aliphatic heterocycles. The molecule has 4 nitrogen and oxygen atoms in total. The van der Waals surface area contributed by atoms with Crippen LogP contribution in [-0.4, -0.2) is 23.3 Å². The third-order valence-corrected chi connectivity index (χ3v) is 4.03. The second-order valence-electron chi connectivity index (χ2n) is 6.14. The van der Waals surface area contributed by atoms with Gasteiger partial charge in [0.2, 0.25) is 0 Å². The number of carbonyl (C=O) groups is 2. The topological polar surface area (TPSA) is 63.6 Å². The smallest absolute Gasteiger partial charge is 0.163 e. The summed E-state index contributed by atoms with van der Waals surface area (Å²) in [5, 5.41) is 9.72. The Balaban J connectivity index is 2.15. The van der Waals surface area contributed by atoms with Crippen LogP contribution in [0.15, 0.2) is 36.4 Å². The Morgan fingerprint density at radius 2 is 1.48 bits per heavy atom. The Kier molecular flexibility index (Phi) is 6.34. The molecule has 0 radical (unpaired) electrons. The van der Waals surface area contributed by atoms with Crippen LogP contribution in [0.25, 0.3) is 0 Å². The van der Waals surface area contributed by atoms with E-state index in [9.17, 15) is 14.7 Å². The number of carbonyl (C=O) groups excluding carboxylic acids is 2. The fourth-order valence-electron chi connectivity index (χ4n) is 2.66. The van der Waals surface area contributed by atoms with Crippen LogP contribution in [0.4, 0.5) is 0 Å². The van der Waals surface area contributed by atoms with Gasteiger partial charge < -0.3 is 9.84 Å². The number of ether oxygens (including phenoxy) is 1. The van der Waals surface area contributed by atoms with Gasteiger partial charge in [0.25, 0.3) is 0 Å². The van der Waals surface area contributed by atoms with Crippen molar-refractivity contribution < 1.29 is 19.4 Å². The molecule has 0 saturated carbocycles. The van der Waals surface area contributed by atoms with Crippen molar-refractivity contribution in [2.75, 3.05) is 6.61 Å². The summed E-state index contributed by atoms with van der Waals surface area (Å²) in [6, 6.07) is 10.8. The molecule has 0 amide bonds. The maximum absolute atomic E-state index is 11.9. The molecule has 0 aliphatic carbocycles. The van der Waals surface area contributed by atoms with E-state index in [0.717, 1.165) is 24.0 Å². The SMILES string of the molecule is CCCOc1ccc(CCc2ccc(O)c(C(C)=O)c2)cc1C(C)=O. The van der Waals surface area contributed by atoms with Crippen molar-refractivity contribution in [1.82, 2.24) is 0 Å². The van der Waals surface area contributed by atoms with E-state index < -0.39 is 0 Å². The molecule has 0 unspecified atom stereocenters. The van der Waals surface area contributed by atoms with Gasteiger partial charge in [0.1, 0.15) is 11.5 Å². The van der Waals surface area contributed by atoms with E-state index in [1.54, 1.807) is 12.1 Å². The van der Waals surface area contributed by atoms with Crippen molar-refractivity contribution in [3.05, 3.63) is 58.7 Å². The number of hydrogen-bond acceptors (Lipinski definition) is 4. The highest BCUT2D eigenvalue weighted by atomic mass is 16.5. The summed E-state index contributed by atoms with van der Waals surface area (Å²) in [5.74, 6) is 0.459. The van der Waals surface area contributed by atoms with Crippen LogP contribution in [0.2, 0.25) is 0 Å². The molecule has 2 aromatic rings. The Morgan fingerprint density at radius 1 is 0.920 bits per heavy atom. The van der Waals surface area contributed by atoms with Crippen LogP contribution in [0.3, 0.4) is 0 Å². The first-order chi connectivity index (χ1) is 11.9. The standard InChI is InChI=1S/C21H24O4/c1-4-11-25-21-10-8-17(13-19(21)15(3)23)6-5-16-7-9-20(24)18(12-16)14(2)22/h7-10,12-13,24H,4-6,11H2,1-3H3. The number of rotatable bonds is 8. The van der Waals surface area contributed by atoms with E-state index in [0.29, 0.717) is 29.9 Å². The second-order valence-corrected chi connectivity index (χ2v) is 6.14. The summed E-state index contributed by atoms with van der Waals surface area (Å²) in [7, 11) is 0. The molecule has 2 aromatic carbocycles. The highest BCUT2D eigenvalue weighted by Crippen LogP contribution is 2.23. The van der Waals surface area contributed by atoms with E-state index in [4.69, 9.17) is 4.74 Å². The molecule has 0 atom stereocenters. The van der Waals surface area contributed by atoms with Gasteiger partial charge in [0.05, 0.1) is 17.7 Å². The van der Waals surface area contributed by atoms with E-state index in [2.05, 4.69) is 0 Å². The third-order valence-electron chi connectivity index (χ3n) is 4.03. The summed E-state index contributed by atoms with van der Waals surface area (Å²) in [6.07, 6.45) is 2.34. The Morgan fingerprint density at radius 3 is 2.04 bits per heavy atom. The predicted octanol–water partition coefficient (Wildman–Crippen LogP) is 4.37. The molecular formula is C21H24O4. The van der Waals surface area contributed by atoms with Crippen molar-refractivity contribution in [2.24, 2.45) is 0 Å². The molecule has 0 bridgehead atoms. The quantitative estimate of drug-likeness (QED) is 0.725. The van der Waals surface area contributed by atoms with Crippen molar-refractivity contribution >= 4 is 11.6 Å². The summed E-state index contributed by atoms with van der Waals surface area (Å²) in [4.78, 5) is 23.4. The van der Waals surface area contributed by atoms with Crippen LogP contribution in [0, 0.1) is 0 Å². The van der Waals surface area contributed by atoms with E-state index in [1.165, 1.54) is 13.8 Å². The zero-order chi connectivity index (χ0) is 18.4. The number of Topliss-reactive ketones (excluding diaryl/α,β-unsaturated/α-hetero) is 2. The Hall–Kier alpha value is -2.62. The van der Waals surface area contributed by atoms with Gasteiger partial charge in [-0.1, -0.05) is 19.1 Å². The normalized spacial score (nSPS) is 10.5. The van der Waals surface area contributed by atoms with Crippen molar-refractivity contribution in [3.63, 3.8) is 0 Å². The zero-order valence-corrected chi connectivity index (χ0v) is 15.0. The maximum Gasteiger partial charge on any atom is 0.163 e. The highest BCUT2D eigenvalue weighted by Gasteiger charge is 2.11. The minimum Gasteiger partial charge on any atom is -0.507 e. The van der Waals surface area contributed by atoms with E-state index >= 15 is 0 Å². The third kappa shape index (κ3) is 4.92. The molecule has 4 heteroatoms. The number of benzene rings is 2. The lowest BCUT2D eigenvalue weighted by Gasteiger charge is -2.11. The molecule has 25 heavy (non-hydrogen) atoms. The number of ketones is 2. The minimum atomic E-state index is -0.157. The number of phenols is 1. The lowest BCUT2D eigenvalue weighted by atomic mass is 9.98. The lowest BCUT2D eigenvalue weighted by molar-refractivity contribution is 0.100. The fraction of sp³-hybridized carbons (Fsp3) is 0.333. The van der Waals surface area contributed by atoms with Crippen LogP contribution < -0.4 is 4.74 Å². The van der Waals surface area contributed by atoms with Gasteiger partial charge in [-0.05, 0) is 68.5 Å². The van der Waals surface area contributed by atoms with Crippen molar-refractivity contribution in [1.29, 1.82) is 0 Å². The average Bonchev–Trinajstić information content (AvgIpc) is 2.59. The monoisotopic (exact) mass is 340 g/mol. The molecular weight excluding hydrogens is 316 g/mol. The average molecular weight is 340 g/mol. The van der Waals surface area contributed by atoms with Gasteiger partial charge in [-0.25, -0.2) is 0 Å². The van der Waals surface area contributed by atoms with Crippen molar-refractivity contribution in [3.8, 4) is 11.5 Å². The molecule has 2 rings (SSSR count). The van der Waals surface area contributed by atoms with Crippen LogP contribution in [0.1, 0.15) is 59.0 Å². The first-order valence-electron chi connectivity index (χ1n) is 8.51. The van der Waals surface area contributed by atoms with Crippen molar-refractivity contribution in [2.45, 2.75) is 40.0 Å². The van der Waals surface area contributed by atoms with Gasteiger partial charge in [-0.3, -0.25) is 9.59 Å². The predicted molar refractivity (Wildman–Crippen MR) is 97.8 cm³/mol. The molecule has 0 heterocycles. The summed E-state index contributed by atoms with van der Waals surface area (Å²) >= 11 is 0. The van der Waals surface area contributed by atoms with Gasteiger partial charge in [-0.15, -0.1) is 0 Å². The zero-order valence-electron chi connectivity index (χ0n) is 15.0. The molecule has 0 fully saturated rings. The molecule has 132 valence electrons. The van der Waals surface area contributed by atoms with Crippen LogP contribution in [-0.2, 0) is 12.8 Å². The van der Waals surface area contributed by atoms with Gasteiger partial charge in [-0.2, -0.15) is 0 Å². The number of aromatic hydroxyl groups is 1. The first-order valence-corrected chi connectivity index (χ1v) is 8.51. The molecule has 0 saturated heterocycles. The van der Waals surface area contributed by atoms with Crippen LogP contribution in [0.5, 0.6) is 11.5 Å². The summed E-state index contributed by atoms with van der Waals surface area (Å²) < 4.78 is 5.63. The van der Waals surface area contributed by atoms with E-state index in [1.807, 2.05) is 31.2 Å². The minimum absolute atomic E-state index is 0.00698. The second kappa shape index (κ2) is 8.47. The molecule has 0 aliphatic rings. The number of hydrogen-bond donors (Lipinski definition) is 1. The molecule has 0 aromatic heterocycles. The lowest BCUT2D eigenvalue weighted by Crippen LogP contribution is -2.04. The fourth-order valence-corrected chi connectivity index (χ4v) is 2.66. The van der Waals surface area contributed by atoms with Gasteiger partial charge >= 0.3 is 0 Å². The maximum atomic E-state index is 11.9. The highest BCUT2D eigenvalue weighted by molar-refractivity contribution is 5.97. The number of phenolic OH excluding ortho intramolecular Hbond substituents is 1. The Labute approximate surface area is 148 Å². The number of aryl methyl sites for hydroxylation is 2. The summed E-state index contributed by atoms with van der Waals surface area (Å²) in [6.45, 7) is 5.58. The van der Waals surface area contributed by atoms with Gasteiger partial charge in [0, 0.05) is 0 Å². The molecule has 0 spiro atoms. The first kappa shape index (κ1) is 18.7. The van der Waals surface area contributed by atoms with Crippen LogP contribution >= 0.6 is 0 Å². The molecule has 1 N–H and O–H groups in total. The summed E-state index contributed by atoms with van der Waals surface area (Å²) in [5.41, 5.74) is 2.94. The largest absolute Gasteiger partial charge is 0.507 e. The van der Waals surface area contributed by atoms with E-state index in [-0.39, 0.29) is 17.3 Å².